The number of hydrogen-bond donors (Lipinski definition) is 2. The van der Waals surface area contributed by atoms with Crippen LogP contribution in [0.25, 0.3) is 0 Å². The summed E-state index contributed by atoms with van der Waals surface area (Å²) in [6.45, 7) is 2.62. The minimum absolute atomic E-state index is 0.198. The number of carbonyl (C=O) groups is 2. The molecule has 2 N–H and O–H groups in total. The van der Waals surface area contributed by atoms with Crippen molar-refractivity contribution in [3.05, 3.63) is 12.3 Å². The van der Waals surface area contributed by atoms with Crippen molar-refractivity contribution in [2.24, 2.45) is 5.41 Å². The van der Waals surface area contributed by atoms with Gasteiger partial charge in [0, 0.05) is 6.07 Å². The Morgan fingerprint density at radius 3 is 2.64 bits per heavy atom. The minimum atomic E-state index is -1.49. The highest BCUT2D eigenvalue weighted by atomic mass is 16.5. The molecule has 0 aliphatic carbocycles. The molecule has 1 aromatic heterocycles. The molecular formula is C8H10N2O4. The van der Waals surface area contributed by atoms with Gasteiger partial charge in [-0.2, -0.15) is 0 Å². The average molecular weight is 198 g/mol. The molecule has 0 radical (unpaired) electrons. The van der Waals surface area contributed by atoms with Crippen molar-refractivity contribution in [1.29, 1.82) is 0 Å². The Hall–Kier alpha value is -1.85. The Morgan fingerprint density at radius 1 is 1.57 bits per heavy atom. The first kappa shape index (κ1) is 10.2. The third-order valence-corrected chi connectivity index (χ3v) is 1.78. The first-order chi connectivity index (χ1) is 6.44. The van der Waals surface area contributed by atoms with E-state index in [0.29, 0.717) is 0 Å². The van der Waals surface area contributed by atoms with Crippen molar-refractivity contribution in [3.8, 4) is 0 Å². The number of carboxylic acid groups (broad SMARTS) is 1. The number of hydrogen-bond acceptors (Lipinski definition) is 4. The van der Waals surface area contributed by atoms with Crippen LogP contribution in [0.4, 0.5) is 5.82 Å². The number of rotatable bonds is 3. The number of carbonyl (C=O) groups excluding carboxylic acids is 1. The van der Waals surface area contributed by atoms with Crippen LogP contribution < -0.4 is 5.32 Å². The van der Waals surface area contributed by atoms with E-state index in [1.807, 2.05) is 0 Å². The summed E-state index contributed by atoms with van der Waals surface area (Å²) in [7, 11) is 0. The molecule has 0 unspecified atom stereocenters. The molecule has 0 fully saturated rings. The van der Waals surface area contributed by atoms with Crippen molar-refractivity contribution >= 4 is 17.7 Å². The van der Waals surface area contributed by atoms with Gasteiger partial charge >= 0.3 is 5.97 Å². The first-order valence-electron chi connectivity index (χ1n) is 3.90. The summed E-state index contributed by atoms with van der Waals surface area (Å²) in [5.74, 6) is -1.64. The van der Waals surface area contributed by atoms with Crippen LogP contribution in [0.3, 0.4) is 0 Å². The molecule has 6 nitrogen and oxygen atoms in total. The maximum absolute atomic E-state index is 11.4. The monoisotopic (exact) mass is 198 g/mol. The molecule has 1 heterocycles. The normalized spacial score (nSPS) is 11.0. The molecule has 6 heteroatoms. The molecule has 1 amide bonds. The van der Waals surface area contributed by atoms with Gasteiger partial charge in [0.1, 0.15) is 11.7 Å². The largest absolute Gasteiger partial charge is 0.480 e. The fourth-order valence-corrected chi connectivity index (χ4v) is 0.647. The lowest BCUT2D eigenvalue weighted by Crippen LogP contribution is -2.37. The van der Waals surface area contributed by atoms with Gasteiger partial charge in [0.25, 0.3) is 0 Å². The predicted molar refractivity (Wildman–Crippen MR) is 46.5 cm³/mol. The lowest BCUT2D eigenvalue weighted by Gasteiger charge is -2.16. The van der Waals surface area contributed by atoms with E-state index in [9.17, 15) is 9.59 Å². The van der Waals surface area contributed by atoms with Crippen LogP contribution in [0.2, 0.25) is 0 Å². The van der Waals surface area contributed by atoms with E-state index < -0.39 is 17.3 Å². The summed E-state index contributed by atoms with van der Waals surface area (Å²) >= 11 is 0. The van der Waals surface area contributed by atoms with Crippen LogP contribution in [-0.2, 0) is 9.59 Å². The van der Waals surface area contributed by atoms with Gasteiger partial charge in [0.2, 0.25) is 5.91 Å². The third-order valence-electron chi connectivity index (χ3n) is 1.78. The van der Waals surface area contributed by atoms with E-state index in [1.165, 1.54) is 26.2 Å². The van der Waals surface area contributed by atoms with Crippen LogP contribution in [-0.4, -0.2) is 22.1 Å². The van der Waals surface area contributed by atoms with Gasteiger partial charge in [-0.3, -0.25) is 9.59 Å². The fourth-order valence-electron chi connectivity index (χ4n) is 0.647. The number of nitrogens with one attached hydrogen (secondary N) is 1. The summed E-state index contributed by atoms with van der Waals surface area (Å²) < 4.78 is 4.48. The van der Waals surface area contributed by atoms with E-state index in [2.05, 4.69) is 15.0 Å². The zero-order valence-electron chi connectivity index (χ0n) is 7.77. The number of nitrogens with zero attached hydrogens (tertiary/aromatic N) is 1. The number of aromatic nitrogens is 1. The maximum atomic E-state index is 11.4. The van der Waals surface area contributed by atoms with Gasteiger partial charge in [-0.15, -0.1) is 0 Å². The number of amides is 1. The van der Waals surface area contributed by atoms with Crippen molar-refractivity contribution in [1.82, 2.24) is 5.16 Å². The van der Waals surface area contributed by atoms with E-state index in [4.69, 9.17) is 5.11 Å². The molecule has 76 valence electrons. The van der Waals surface area contributed by atoms with Gasteiger partial charge in [0.15, 0.2) is 5.82 Å². The SMILES string of the molecule is CC(C)(C(=O)O)C(=O)Nc1ccon1. The second kappa shape index (κ2) is 3.49. The molecule has 0 saturated carbocycles. The Kier molecular flexibility index (Phi) is 2.55. The van der Waals surface area contributed by atoms with Crippen LogP contribution in [0.15, 0.2) is 16.9 Å². The predicted octanol–water partition coefficient (Wildman–Crippen LogP) is 0.724. The quantitative estimate of drug-likeness (QED) is 0.698. The van der Waals surface area contributed by atoms with Crippen molar-refractivity contribution < 1.29 is 19.2 Å². The number of anilines is 1. The summed E-state index contributed by atoms with van der Waals surface area (Å²) in [5, 5.41) is 14.5. The van der Waals surface area contributed by atoms with Gasteiger partial charge in [-0.25, -0.2) is 0 Å². The lowest BCUT2D eigenvalue weighted by molar-refractivity contribution is -0.151. The van der Waals surface area contributed by atoms with Crippen LogP contribution in [0.1, 0.15) is 13.8 Å². The van der Waals surface area contributed by atoms with E-state index in [0.717, 1.165) is 0 Å². The van der Waals surface area contributed by atoms with E-state index >= 15 is 0 Å². The highest BCUT2D eigenvalue weighted by Gasteiger charge is 2.36. The van der Waals surface area contributed by atoms with Crippen LogP contribution in [0, 0.1) is 5.41 Å². The molecular weight excluding hydrogens is 188 g/mol. The Morgan fingerprint density at radius 2 is 2.21 bits per heavy atom. The second-order valence-electron chi connectivity index (χ2n) is 3.27. The molecule has 0 spiro atoms. The second-order valence-corrected chi connectivity index (χ2v) is 3.27. The van der Waals surface area contributed by atoms with Crippen LogP contribution in [0.5, 0.6) is 0 Å². The van der Waals surface area contributed by atoms with Gasteiger partial charge in [0.05, 0.1) is 0 Å². The van der Waals surface area contributed by atoms with Crippen molar-refractivity contribution in [3.63, 3.8) is 0 Å². The summed E-state index contributed by atoms with van der Waals surface area (Å²) in [5.41, 5.74) is -1.49. The molecule has 0 aliphatic rings. The first-order valence-corrected chi connectivity index (χ1v) is 3.90. The molecule has 0 bridgehead atoms. The van der Waals surface area contributed by atoms with Gasteiger partial charge in [-0.1, -0.05) is 5.16 Å². The molecule has 0 atom stereocenters. The van der Waals surface area contributed by atoms with Gasteiger partial charge in [-0.05, 0) is 13.8 Å². The standard InChI is InChI=1S/C8H10N2O4/c1-8(2,7(12)13)6(11)9-5-3-4-14-10-5/h3-4H,1-2H3,(H,12,13)(H,9,10,11). The lowest BCUT2D eigenvalue weighted by atomic mass is 9.93. The smallest absolute Gasteiger partial charge is 0.318 e. The van der Waals surface area contributed by atoms with E-state index in [-0.39, 0.29) is 5.82 Å². The molecule has 1 aromatic rings. The summed E-state index contributed by atoms with van der Waals surface area (Å²) in [6.07, 6.45) is 1.28. The van der Waals surface area contributed by atoms with E-state index in [1.54, 1.807) is 0 Å². The molecule has 0 saturated heterocycles. The van der Waals surface area contributed by atoms with Crippen molar-refractivity contribution in [2.45, 2.75) is 13.8 Å². The molecule has 1 rings (SSSR count). The average Bonchev–Trinajstić information content (AvgIpc) is 2.56. The molecule has 14 heavy (non-hydrogen) atoms. The number of aliphatic carboxylic acids is 1. The molecule has 0 aromatic carbocycles. The zero-order chi connectivity index (χ0) is 10.8. The highest BCUT2D eigenvalue weighted by Crippen LogP contribution is 2.17. The summed E-state index contributed by atoms with van der Waals surface area (Å²) in [6, 6.07) is 1.43. The minimum Gasteiger partial charge on any atom is -0.480 e. The Balaban J connectivity index is 2.72. The Bertz CT molecular complexity index is 342. The summed E-state index contributed by atoms with van der Waals surface area (Å²) in [4.78, 5) is 22.1. The topological polar surface area (TPSA) is 92.4 Å². The zero-order valence-corrected chi connectivity index (χ0v) is 7.77. The Labute approximate surface area is 79.9 Å². The highest BCUT2D eigenvalue weighted by molar-refractivity contribution is 6.07. The fraction of sp³-hybridized carbons (Fsp3) is 0.375. The van der Waals surface area contributed by atoms with Crippen molar-refractivity contribution in [2.75, 3.05) is 5.32 Å². The maximum Gasteiger partial charge on any atom is 0.318 e. The molecule has 0 aliphatic heterocycles. The van der Waals surface area contributed by atoms with Crippen LogP contribution >= 0.6 is 0 Å². The third kappa shape index (κ3) is 1.90. The number of carboxylic acids is 1. The van der Waals surface area contributed by atoms with Gasteiger partial charge < -0.3 is 14.9 Å².